The number of hydrogen-bond acceptors (Lipinski definition) is 2. The highest BCUT2D eigenvalue weighted by atomic mass is 32.1. The molecule has 0 aromatic rings. The molecule has 1 rings (SSSR count). The number of likely N-dealkylation sites (N-methyl/N-ethyl adjacent to an activating group) is 1. The molecule has 80 valence electrons. The minimum Gasteiger partial charge on any atom is -0.387 e. The van der Waals surface area contributed by atoms with E-state index in [4.69, 9.17) is 18.0 Å². The fourth-order valence-electron chi connectivity index (χ4n) is 1.78. The number of aliphatic imine (C=N–C) groups is 1. The van der Waals surface area contributed by atoms with Crippen molar-refractivity contribution >= 4 is 23.0 Å². The van der Waals surface area contributed by atoms with Crippen molar-refractivity contribution in [2.24, 2.45) is 10.7 Å². The van der Waals surface area contributed by atoms with Gasteiger partial charge < -0.3 is 10.6 Å². The summed E-state index contributed by atoms with van der Waals surface area (Å²) >= 11 is 4.97. The lowest BCUT2D eigenvalue weighted by Gasteiger charge is -2.21. The van der Waals surface area contributed by atoms with Crippen LogP contribution in [-0.2, 0) is 0 Å². The number of nitrogens with zero attached hydrogens (tertiary/aromatic N) is 2. The largest absolute Gasteiger partial charge is 0.387 e. The van der Waals surface area contributed by atoms with Crippen LogP contribution in [0.4, 0.5) is 0 Å². The molecule has 0 radical (unpaired) electrons. The first kappa shape index (κ1) is 11.4. The Bertz CT molecular complexity index is 230. The fourth-order valence-corrected chi connectivity index (χ4v) is 2.02. The number of rotatable bonds is 1. The van der Waals surface area contributed by atoms with Gasteiger partial charge in [-0.2, -0.15) is 0 Å². The summed E-state index contributed by atoms with van der Waals surface area (Å²) in [6.45, 7) is 0. The van der Waals surface area contributed by atoms with Gasteiger partial charge in [0.1, 0.15) is 4.99 Å². The van der Waals surface area contributed by atoms with Crippen LogP contribution in [0, 0.1) is 0 Å². The van der Waals surface area contributed by atoms with Gasteiger partial charge in [-0.1, -0.05) is 31.5 Å². The summed E-state index contributed by atoms with van der Waals surface area (Å²) in [5, 5.41) is 0. The average Bonchev–Trinajstić information content (AvgIpc) is 2.15. The molecule has 2 N–H and O–H groups in total. The third kappa shape index (κ3) is 3.25. The zero-order chi connectivity index (χ0) is 10.6. The number of nitrogens with two attached hydrogens (primary N) is 1. The van der Waals surface area contributed by atoms with E-state index < -0.39 is 0 Å². The Morgan fingerprint density at radius 3 is 2.29 bits per heavy atom. The Labute approximate surface area is 91.4 Å². The molecule has 4 heteroatoms. The van der Waals surface area contributed by atoms with Gasteiger partial charge in [-0.25, -0.2) is 0 Å². The van der Waals surface area contributed by atoms with Gasteiger partial charge in [0, 0.05) is 14.1 Å². The Balaban J connectivity index is 2.65. The predicted octanol–water partition coefficient (Wildman–Crippen LogP) is 1.57. The first-order valence-electron chi connectivity index (χ1n) is 5.16. The normalized spacial score (nSPS) is 19.4. The van der Waals surface area contributed by atoms with E-state index in [9.17, 15) is 0 Å². The minimum atomic E-state index is 0.403. The van der Waals surface area contributed by atoms with Gasteiger partial charge in [-0.3, -0.25) is 4.99 Å². The van der Waals surface area contributed by atoms with E-state index in [-0.39, 0.29) is 0 Å². The second kappa shape index (κ2) is 5.29. The molecule has 0 atom stereocenters. The van der Waals surface area contributed by atoms with Gasteiger partial charge in [0.15, 0.2) is 5.84 Å². The first-order valence-corrected chi connectivity index (χ1v) is 5.57. The summed E-state index contributed by atoms with van der Waals surface area (Å²) in [6.07, 6.45) is 6.27. The summed E-state index contributed by atoms with van der Waals surface area (Å²) in [7, 11) is 3.86. The van der Waals surface area contributed by atoms with Crippen LogP contribution in [0.5, 0.6) is 0 Å². The van der Waals surface area contributed by atoms with Crippen LogP contribution in [-0.4, -0.2) is 35.9 Å². The molecule has 0 saturated heterocycles. The molecule has 0 amide bonds. The lowest BCUT2D eigenvalue weighted by Crippen LogP contribution is -2.35. The molecule has 0 spiro atoms. The Kier molecular flexibility index (Phi) is 4.32. The average molecular weight is 213 g/mol. The van der Waals surface area contributed by atoms with Crippen molar-refractivity contribution < 1.29 is 0 Å². The van der Waals surface area contributed by atoms with Gasteiger partial charge >= 0.3 is 0 Å². The fraction of sp³-hybridized carbons (Fsp3) is 0.800. The highest BCUT2D eigenvalue weighted by Crippen LogP contribution is 2.20. The van der Waals surface area contributed by atoms with Crippen molar-refractivity contribution in [3.63, 3.8) is 0 Å². The van der Waals surface area contributed by atoms with E-state index in [1.165, 1.54) is 32.1 Å². The Morgan fingerprint density at radius 2 is 1.86 bits per heavy atom. The van der Waals surface area contributed by atoms with Gasteiger partial charge in [-0.15, -0.1) is 0 Å². The van der Waals surface area contributed by atoms with Crippen LogP contribution in [0.15, 0.2) is 4.99 Å². The highest BCUT2D eigenvalue weighted by molar-refractivity contribution is 7.82. The maximum Gasteiger partial charge on any atom is 0.158 e. The number of thiocarbonyl (C=S) groups is 1. The van der Waals surface area contributed by atoms with E-state index in [2.05, 4.69) is 4.99 Å². The molecule has 0 aromatic heterocycles. The lowest BCUT2D eigenvalue weighted by molar-refractivity contribution is 0.439. The van der Waals surface area contributed by atoms with Crippen LogP contribution in [0.1, 0.15) is 32.1 Å². The maximum absolute atomic E-state index is 5.61. The summed E-state index contributed by atoms with van der Waals surface area (Å²) in [5.41, 5.74) is 5.61. The summed E-state index contributed by atoms with van der Waals surface area (Å²) < 4.78 is 0. The molecule has 0 unspecified atom stereocenters. The van der Waals surface area contributed by atoms with Crippen molar-refractivity contribution in [1.82, 2.24) is 4.90 Å². The Morgan fingerprint density at radius 1 is 1.29 bits per heavy atom. The van der Waals surface area contributed by atoms with Gasteiger partial charge in [0.2, 0.25) is 0 Å². The lowest BCUT2D eigenvalue weighted by atomic mass is 9.96. The molecule has 1 saturated carbocycles. The SMILES string of the molecule is CN(C)C(=NC1CCCCC1)C(N)=S. The summed E-state index contributed by atoms with van der Waals surface area (Å²) in [5.74, 6) is 0.770. The Hall–Kier alpha value is -0.640. The highest BCUT2D eigenvalue weighted by Gasteiger charge is 2.14. The van der Waals surface area contributed by atoms with Crippen LogP contribution in [0.3, 0.4) is 0 Å². The second-order valence-corrected chi connectivity index (χ2v) is 4.44. The number of hydrogen-bond donors (Lipinski definition) is 1. The molecular formula is C10H19N3S. The molecule has 0 bridgehead atoms. The molecule has 3 nitrogen and oxygen atoms in total. The van der Waals surface area contributed by atoms with Crippen LogP contribution in [0.2, 0.25) is 0 Å². The molecule has 1 aliphatic rings. The maximum atomic E-state index is 5.61. The smallest absolute Gasteiger partial charge is 0.158 e. The van der Waals surface area contributed by atoms with Crippen molar-refractivity contribution in [2.45, 2.75) is 38.1 Å². The van der Waals surface area contributed by atoms with Gasteiger partial charge in [-0.05, 0) is 12.8 Å². The minimum absolute atomic E-state index is 0.403. The summed E-state index contributed by atoms with van der Waals surface area (Å²) in [6, 6.07) is 0.433. The quantitative estimate of drug-likeness (QED) is 0.408. The van der Waals surface area contributed by atoms with Crippen molar-refractivity contribution in [2.75, 3.05) is 14.1 Å². The third-order valence-electron chi connectivity index (χ3n) is 2.52. The molecule has 1 aliphatic carbocycles. The van der Waals surface area contributed by atoms with E-state index in [1.807, 2.05) is 19.0 Å². The van der Waals surface area contributed by atoms with Gasteiger partial charge in [0.05, 0.1) is 6.04 Å². The third-order valence-corrected chi connectivity index (χ3v) is 2.71. The molecule has 0 heterocycles. The molecule has 14 heavy (non-hydrogen) atoms. The van der Waals surface area contributed by atoms with Crippen LogP contribution < -0.4 is 5.73 Å². The molecule has 0 aliphatic heterocycles. The second-order valence-electron chi connectivity index (χ2n) is 4.00. The van der Waals surface area contributed by atoms with Crippen molar-refractivity contribution in [3.8, 4) is 0 Å². The zero-order valence-electron chi connectivity index (χ0n) is 8.99. The van der Waals surface area contributed by atoms with E-state index in [1.54, 1.807) is 0 Å². The monoisotopic (exact) mass is 213 g/mol. The molecular weight excluding hydrogens is 194 g/mol. The van der Waals surface area contributed by atoms with Crippen molar-refractivity contribution in [1.29, 1.82) is 0 Å². The van der Waals surface area contributed by atoms with E-state index in [0.717, 1.165) is 5.84 Å². The molecule has 0 aromatic carbocycles. The van der Waals surface area contributed by atoms with Crippen LogP contribution in [0.25, 0.3) is 0 Å². The van der Waals surface area contributed by atoms with Crippen LogP contribution >= 0.6 is 12.2 Å². The zero-order valence-corrected chi connectivity index (χ0v) is 9.81. The number of amidine groups is 1. The van der Waals surface area contributed by atoms with E-state index in [0.29, 0.717) is 11.0 Å². The first-order chi connectivity index (χ1) is 6.61. The van der Waals surface area contributed by atoms with E-state index >= 15 is 0 Å². The van der Waals surface area contributed by atoms with Crippen molar-refractivity contribution in [3.05, 3.63) is 0 Å². The van der Waals surface area contributed by atoms with Gasteiger partial charge in [0.25, 0.3) is 0 Å². The summed E-state index contributed by atoms with van der Waals surface area (Å²) in [4.78, 5) is 6.91. The predicted molar refractivity (Wildman–Crippen MR) is 64.8 cm³/mol. The standard InChI is InChI=1S/C10H19N3S/c1-13(2)10(9(11)14)12-8-6-4-3-5-7-8/h8H,3-7H2,1-2H3,(H2,11,14). The topological polar surface area (TPSA) is 41.6 Å². The molecule has 1 fully saturated rings.